The van der Waals surface area contributed by atoms with Crippen LogP contribution in [0.3, 0.4) is 0 Å². The molecule has 1 unspecified atom stereocenters. The first-order valence-electron chi connectivity index (χ1n) is 3.51. The molecule has 0 fully saturated rings. The Kier molecular flexibility index (Phi) is 1.72. The molecule has 0 aromatic heterocycles. The molecule has 1 aliphatic rings. The highest BCUT2D eigenvalue weighted by atomic mass is 14.2. The monoisotopic (exact) mass is 110 g/mol. The van der Waals surface area contributed by atoms with Gasteiger partial charge in [0.15, 0.2) is 0 Å². The Morgan fingerprint density at radius 3 is 2.62 bits per heavy atom. The molecular weight excluding hydrogens is 96.1 g/mol. The maximum Gasteiger partial charge on any atom is -0.0207 e. The van der Waals surface area contributed by atoms with Crippen molar-refractivity contribution in [2.45, 2.75) is 26.7 Å². The number of hydrogen-bond acceptors (Lipinski definition) is 0. The van der Waals surface area contributed by atoms with Crippen molar-refractivity contribution < 1.29 is 0 Å². The van der Waals surface area contributed by atoms with Crippen molar-refractivity contribution in [2.75, 3.05) is 0 Å². The molecule has 0 aliphatic heterocycles. The molecular formula is C8H14. The molecule has 0 aromatic rings. The molecule has 1 aliphatic carbocycles. The van der Waals surface area contributed by atoms with E-state index in [1.54, 1.807) is 0 Å². The lowest BCUT2D eigenvalue weighted by Gasteiger charge is -2.09. The minimum absolute atomic E-state index is 0.884. The van der Waals surface area contributed by atoms with Gasteiger partial charge in [-0.3, -0.25) is 0 Å². The minimum atomic E-state index is 0.884. The third-order valence-electron chi connectivity index (χ3n) is 2.09. The highest BCUT2D eigenvalue weighted by Crippen LogP contribution is 2.26. The van der Waals surface area contributed by atoms with Gasteiger partial charge in [0.2, 0.25) is 0 Å². The normalized spacial score (nSPS) is 36.2. The Bertz CT molecular complexity index is 92.2. The fourth-order valence-electron chi connectivity index (χ4n) is 1.37. The Morgan fingerprint density at radius 1 is 1.62 bits per heavy atom. The van der Waals surface area contributed by atoms with E-state index in [4.69, 9.17) is 0 Å². The molecule has 0 heteroatoms. The summed E-state index contributed by atoms with van der Waals surface area (Å²) in [6, 6.07) is 0. The largest absolute Gasteiger partial charge is 0.0880 e. The Hall–Kier alpha value is -0.260. The SMILES string of the molecule is CCC1C=CC[C@H]1C. The van der Waals surface area contributed by atoms with Gasteiger partial charge in [-0.25, -0.2) is 0 Å². The molecule has 1 rings (SSSR count). The van der Waals surface area contributed by atoms with Gasteiger partial charge in [-0.05, 0) is 24.7 Å². The van der Waals surface area contributed by atoms with Crippen LogP contribution >= 0.6 is 0 Å². The van der Waals surface area contributed by atoms with Gasteiger partial charge in [0.1, 0.15) is 0 Å². The summed E-state index contributed by atoms with van der Waals surface area (Å²) in [5, 5.41) is 0. The van der Waals surface area contributed by atoms with E-state index in [9.17, 15) is 0 Å². The maximum atomic E-state index is 2.35. The predicted octanol–water partition coefficient (Wildman–Crippen LogP) is 2.61. The minimum Gasteiger partial charge on any atom is -0.0880 e. The van der Waals surface area contributed by atoms with E-state index in [2.05, 4.69) is 26.0 Å². The highest BCUT2D eigenvalue weighted by Gasteiger charge is 2.14. The van der Waals surface area contributed by atoms with Crippen LogP contribution in [0.5, 0.6) is 0 Å². The topological polar surface area (TPSA) is 0 Å². The summed E-state index contributed by atoms with van der Waals surface area (Å²) in [5.74, 6) is 1.80. The first kappa shape index (κ1) is 5.87. The lowest BCUT2D eigenvalue weighted by molar-refractivity contribution is 0.450. The van der Waals surface area contributed by atoms with Gasteiger partial charge in [-0.2, -0.15) is 0 Å². The Morgan fingerprint density at radius 2 is 2.38 bits per heavy atom. The van der Waals surface area contributed by atoms with Crippen molar-refractivity contribution in [1.29, 1.82) is 0 Å². The van der Waals surface area contributed by atoms with E-state index < -0.39 is 0 Å². The lowest BCUT2D eigenvalue weighted by Crippen LogP contribution is -2.00. The first-order chi connectivity index (χ1) is 3.84. The third-order valence-corrected chi connectivity index (χ3v) is 2.09. The molecule has 46 valence electrons. The molecule has 0 saturated heterocycles. The summed E-state index contributed by atoms with van der Waals surface area (Å²) in [6.07, 6.45) is 7.28. The molecule has 8 heavy (non-hydrogen) atoms. The van der Waals surface area contributed by atoms with Crippen LogP contribution in [0.2, 0.25) is 0 Å². The molecule has 0 radical (unpaired) electrons. The van der Waals surface area contributed by atoms with Crippen molar-refractivity contribution in [3.05, 3.63) is 12.2 Å². The van der Waals surface area contributed by atoms with Gasteiger partial charge in [0.05, 0.1) is 0 Å². The van der Waals surface area contributed by atoms with Crippen LogP contribution in [0.4, 0.5) is 0 Å². The third kappa shape index (κ3) is 0.936. The molecule has 0 bridgehead atoms. The van der Waals surface area contributed by atoms with Crippen LogP contribution < -0.4 is 0 Å². The molecule has 0 nitrogen and oxygen atoms in total. The van der Waals surface area contributed by atoms with Gasteiger partial charge >= 0.3 is 0 Å². The van der Waals surface area contributed by atoms with Crippen LogP contribution in [0.15, 0.2) is 12.2 Å². The standard InChI is InChI=1S/C8H14/c1-3-8-6-4-5-7(8)2/h4,6-8H,3,5H2,1-2H3/t7-,8?/m1/s1. The molecule has 0 saturated carbocycles. The van der Waals surface area contributed by atoms with Gasteiger partial charge in [-0.1, -0.05) is 26.0 Å². The van der Waals surface area contributed by atoms with E-state index in [1.807, 2.05) is 0 Å². The van der Waals surface area contributed by atoms with Gasteiger partial charge in [0.25, 0.3) is 0 Å². The van der Waals surface area contributed by atoms with Crippen LogP contribution in [-0.2, 0) is 0 Å². The zero-order valence-corrected chi connectivity index (χ0v) is 5.72. The van der Waals surface area contributed by atoms with Crippen molar-refractivity contribution >= 4 is 0 Å². The zero-order valence-electron chi connectivity index (χ0n) is 5.72. The van der Waals surface area contributed by atoms with Crippen LogP contribution in [0.1, 0.15) is 26.7 Å². The average Bonchev–Trinajstić information content (AvgIpc) is 2.14. The van der Waals surface area contributed by atoms with Crippen LogP contribution in [0, 0.1) is 11.8 Å². The second kappa shape index (κ2) is 2.34. The average molecular weight is 110 g/mol. The zero-order chi connectivity index (χ0) is 5.98. The molecule has 2 atom stereocenters. The lowest BCUT2D eigenvalue weighted by atomic mass is 9.96. The molecule has 0 aromatic carbocycles. The van der Waals surface area contributed by atoms with E-state index in [1.165, 1.54) is 12.8 Å². The predicted molar refractivity (Wildman–Crippen MR) is 36.7 cm³/mol. The summed E-state index contributed by atoms with van der Waals surface area (Å²) in [5.41, 5.74) is 0. The molecule has 0 spiro atoms. The molecule has 0 amide bonds. The van der Waals surface area contributed by atoms with Gasteiger partial charge in [-0.15, -0.1) is 0 Å². The second-order valence-corrected chi connectivity index (χ2v) is 2.71. The quantitative estimate of drug-likeness (QED) is 0.455. The summed E-state index contributed by atoms with van der Waals surface area (Å²) >= 11 is 0. The fraction of sp³-hybridized carbons (Fsp3) is 0.750. The molecule has 0 heterocycles. The smallest absolute Gasteiger partial charge is 0.0207 e. The van der Waals surface area contributed by atoms with Crippen molar-refractivity contribution in [3.63, 3.8) is 0 Å². The summed E-state index contributed by atoms with van der Waals surface area (Å²) in [6.45, 7) is 4.59. The first-order valence-corrected chi connectivity index (χ1v) is 3.51. The van der Waals surface area contributed by atoms with Gasteiger partial charge < -0.3 is 0 Å². The van der Waals surface area contributed by atoms with Crippen molar-refractivity contribution in [1.82, 2.24) is 0 Å². The summed E-state index contributed by atoms with van der Waals surface area (Å²) < 4.78 is 0. The number of hydrogen-bond donors (Lipinski definition) is 0. The van der Waals surface area contributed by atoms with Crippen LogP contribution in [0.25, 0.3) is 0 Å². The van der Waals surface area contributed by atoms with E-state index in [-0.39, 0.29) is 0 Å². The van der Waals surface area contributed by atoms with E-state index in [0.29, 0.717) is 0 Å². The van der Waals surface area contributed by atoms with E-state index >= 15 is 0 Å². The van der Waals surface area contributed by atoms with E-state index in [0.717, 1.165) is 11.8 Å². The number of allylic oxidation sites excluding steroid dienone is 2. The summed E-state index contributed by atoms with van der Waals surface area (Å²) in [4.78, 5) is 0. The van der Waals surface area contributed by atoms with Gasteiger partial charge in [0, 0.05) is 0 Å². The van der Waals surface area contributed by atoms with Crippen molar-refractivity contribution in [3.8, 4) is 0 Å². The maximum absolute atomic E-state index is 2.35. The second-order valence-electron chi connectivity index (χ2n) is 2.71. The fourth-order valence-corrected chi connectivity index (χ4v) is 1.37. The summed E-state index contributed by atoms with van der Waals surface area (Å²) in [7, 11) is 0. The van der Waals surface area contributed by atoms with Crippen molar-refractivity contribution in [2.24, 2.45) is 11.8 Å². The van der Waals surface area contributed by atoms with Crippen LogP contribution in [-0.4, -0.2) is 0 Å². The molecule has 0 N–H and O–H groups in total. The highest BCUT2D eigenvalue weighted by molar-refractivity contribution is 4.98. The Balaban J connectivity index is 2.41. The number of rotatable bonds is 1. The Labute approximate surface area is 51.6 Å².